The van der Waals surface area contributed by atoms with Gasteiger partial charge in [0.2, 0.25) is 15.9 Å². The summed E-state index contributed by atoms with van der Waals surface area (Å²) in [5.41, 5.74) is 1.18. The zero-order valence-corrected chi connectivity index (χ0v) is 20.5. The second-order valence-electron chi connectivity index (χ2n) is 7.99. The van der Waals surface area contributed by atoms with Gasteiger partial charge in [0.1, 0.15) is 0 Å². The average Bonchev–Trinajstić information content (AvgIpc) is 3.15. The Morgan fingerprint density at radius 1 is 1.08 bits per heavy atom. The Bertz CT molecular complexity index is 1500. The van der Waals surface area contributed by atoms with Gasteiger partial charge in [-0.25, -0.2) is 18.5 Å². The van der Waals surface area contributed by atoms with Crippen LogP contribution in [0.25, 0.3) is 11.0 Å². The molecule has 0 aliphatic rings. The number of nitrogens with two attached hydrogens (primary N) is 1. The van der Waals surface area contributed by atoms with E-state index in [4.69, 9.17) is 5.14 Å². The van der Waals surface area contributed by atoms with Gasteiger partial charge in [0.25, 0.3) is 0 Å². The van der Waals surface area contributed by atoms with Crippen molar-refractivity contribution in [1.82, 2.24) is 9.55 Å². The van der Waals surface area contributed by atoms with Gasteiger partial charge in [0.15, 0.2) is 5.16 Å². The van der Waals surface area contributed by atoms with Gasteiger partial charge in [-0.15, -0.1) is 0 Å². The van der Waals surface area contributed by atoms with Crippen molar-refractivity contribution in [2.24, 2.45) is 5.14 Å². The topological polar surface area (TPSA) is 107 Å². The number of halogens is 3. The molecule has 0 spiro atoms. The SMILES string of the molecule is C[C@@H](Sc1nc2cc(C(F)(F)F)ccc2n1Cc1ccccc1)C(=O)Nc1ccc(S(N)(=O)=O)cc1. The minimum atomic E-state index is -4.50. The number of thioether (sulfide) groups is 1. The van der Waals surface area contributed by atoms with Crippen molar-refractivity contribution >= 4 is 44.4 Å². The number of benzene rings is 3. The molecule has 0 radical (unpaired) electrons. The number of primary sulfonamides is 1. The van der Waals surface area contributed by atoms with Gasteiger partial charge >= 0.3 is 6.18 Å². The number of hydrogen-bond donors (Lipinski definition) is 2. The van der Waals surface area contributed by atoms with E-state index in [1.54, 1.807) is 11.5 Å². The van der Waals surface area contributed by atoms with E-state index < -0.39 is 32.9 Å². The highest BCUT2D eigenvalue weighted by Gasteiger charge is 2.31. The Morgan fingerprint density at radius 2 is 1.75 bits per heavy atom. The highest BCUT2D eigenvalue weighted by molar-refractivity contribution is 8.00. The van der Waals surface area contributed by atoms with Crippen LogP contribution in [0.1, 0.15) is 18.1 Å². The molecule has 3 aromatic carbocycles. The standard InChI is InChI=1S/C24H21F3N4O3S2/c1-15(22(32)29-18-8-10-19(11-9-18)36(28,33)34)35-23-30-20-13-17(24(25,26)27)7-12-21(20)31(23)14-16-5-3-2-4-6-16/h2-13,15H,14H2,1H3,(H,29,32)(H2,28,33,34)/t15-/m1/s1. The Hall–Kier alpha value is -3.35. The van der Waals surface area contributed by atoms with Crippen LogP contribution in [-0.4, -0.2) is 29.1 Å². The van der Waals surface area contributed by atoms with Crippen molar-refractivity contribution < 1.29 is 26.4 Å². The summed E-state index contributed by atoms with van der Waals surface area (Å²) < 4.78 is 64.3. The predicted molar refractivity (Wildman–Crippen MR) is 132 cm³/mol. The summed E-state index contributed by atoms with van der Waals surface area (Å²) in [5.74, 6) is -0.391. The number of alkyl halides is 3. The van der Waals surface area contributed by atoms with Gasteiger partial charge < -0.3 is 9.88 Å². The largest absolute Gasteiger partial charge is 0.416 e. The van der Waals surface area contributed by atoms with Crippen LogP contribution in [0.4, 0.5) is 18.9 Å². The minimum Gasteiger partial charge on any atom is -0.325 e. The minimum absolute atomic E-state index is 0.0872. The first-order chi connectivity index (χ1) is 16.9. The number of rotatable bonds is 7. The molecule has 0 saturated carbocycles. The number of sulfonamides is 1. The van der Waals surface area contributed by atoms with Crippen molar-refractivity contribution in [1.29, 1.82) is 0 Å². The normalized spacial score (nSPS) is 13.0. The van der Waals surface area contributed by atoms with Crippen LogP contribution >= 0.6 is 11.8 Å². The molecule has 1 amide bonds. The lowest BCUT2D eigenvalue weighted by Crippen LogP contribution is -2.23. The fraction of sp³-hybridized carbons (Fsp3) is 0.167. The molecule has 0 unspecified atom stereocenters. The number of aromatic nitrogens is 2. The third-order valence-corrected chi connectivity index (χ3v) is 7.35. The highest BCUT2D eigenvalue weighted by Crippen LogP contribution is 2.34. The van der Waals surface area contributed by atoms with E-state index in [0.717, 1.165) is 29.5 Å². The van der Waals surface area contributed by atoms with Crippen LogP contribution in [0.2, 0.25) is 0 Å². The molecule has 36 heavy (non-hydrogen) atoms. The summed E-state index contributed by atoms with van der Waals surface area (Å²) in [7, 11) is -3.86. The Kier molecular flexibility index (Phi) is 7.12. The van der Waals surface area contributed by atoms with Gasteiger partial charge in [-0.3, -0.25) is 4.79 Å². The lowest BCUT2D eigenvalue weighted by Gasteiger charge is -2.14. The molecule has 4 rings (SSSR count). The fourth-order valence-electron chi connectivity index (χ4n) is 3.48. The number of imidazole rings is 1. The second-order valence-corrected chi connectivity index (χ2v) is 10.9. The van der Waals surface area contributed by atoms with Crippen LogP contribution in [0, 0.1) is 0 Å². The monoisotopic (exact) mass is 534 g/mol. The van der Waals surface area contributed by atoms with E-state index in [9.17, 15) is 26.4 Å². The zero-order valence-electron chi connectivity index (χ0n) is 18.9. The molecule has 4 aromatic rings. The Morgan fingerprint density at radius 3 is 2.36 bits per heavy atom. The molecule has 12 heteroatoms. The maximum atomic E-state index is 13.3. The number of carbonyl (C=O) groups is 1. The molecule has 1 aromatic heterocycles. The highest BCUT2D eigenvalue weighted by atomic mass is 32.2. The van der Waals surface area contributed by atoms with E-state index >= 15 is 0 Å². The van der Waals surface area contributed by atoms with Crippen molar-refractivity contribution in [2.75, 3.05) is 5.32 Å². The maximum Gasteiger partial charge on any atom is 0.416 e. The third-order valence-electron chi connectivity index (χ3n) is 5.33. The van der Waals surface area contributed by atoms with E-state index in [1.807, 2.05) is 30.3 Å². The lowest BCUT2D eigenvalue weighted by molar-refractivity contribution is -0.137. The first kappa shape index (κ1) is 25.7. The van der Waals surface area contributed by atoms with Crippen LogP contribution in [0.5, 0.6) is 0 Å². The fourth-order valence-corrected chi connectivity index (χ4v) is 4.92. The molecule has 0 aliphatic heterocycles. The van der Waals surface area contributed by atoms with Gasteiger partial charge in [0.05, 0.1) is 33.3 Å². The van der Waals surface area contributed by atoms with Crippen LogP contribution in [0.15, 0.2) is 82.8 Å². The Labute approximate surface area is 209 Å². The first-order valence-corrected chi connectivity index (χ1v) is 13.1. The first-order valence-electron chi connectivity index (χ1n) is 10.6. The average molecular weight is 535 g/mol. The van der Waals surface area contributed by atoms with Gasteiger partial charge in [0, 0.05) is 5.69 Å². The summed E-state index contributed by atoms with van der Waals surface area (Å²) in [6.07, 6.45) is -4.50. The molecule has 0 aliphatic carbocycles. The summed E-state index contributed by atoms with van der Waals surface area (Å²) in [6, 6.07) is 18.2. The molecule has 3 N–H and O–H groups in total. The smallest absolute Gasteiger partial charge is 0.325 e. The zero-order chi connectivity index (χ0) is 26.1. The van der Waals surface area contributed by atoms with Crippen LogP contribution < -0.4 is 10.5 Å². The molecule has 7 nitrogen and oxygen atoms in total. The Balaban J connectivity index is 1.61. The number of amides is 1. The van der Waals surface area contributed by atoms with Gasteiger partial charge in [-0.05, 0) is 55.0 Å². The number of hydrogen-bond acceptors (Lipinski definition) is 5. The molecule has 1 heterocycles. The third kappa shape index (κ3) is 5.89. The number of carbonyl (C=O) groups excluding carboxylic acids is 1. The van der Waals surface area contributed by atoms with Crippen LogP contribution in [0.3, 0.4) is 0 Å². The van der Waals surface area contributed by atoms with Crippen molar-refractivity contribution in [3.8, 4) is 0 Å². The molecule has 0 saturated heterocycles. The van der Waals surface area contributed by atoms with E-state index in [2.05, 4.69) is 10.3 Å². The summed E-state index contributed by atoms with van der Waals surface area (Å²) in [6.45, 7) is 2.00. The second kappa shape index (κ2) is 9.96. The summed E-state index contributed by atoms with van der Waals surface area (Å²) in [4.78, 5) is 17.1. The molecule has 0 bridgehead atoms. The van der Waals surface area contributed by atoms with Gasteiger partial charge in [-0.1, -0.05) is 42.1 Å². The molecule has 188 valence electrons. The molecule has 0 fully saturated rings. The van der Waals surface area contributed by atoms with Gasteiger partial charge in [-0.2, -0.15) is 13.2 Å². The number of nitrogens with one attached hydrogen (secondary N) is 1. The molecule has 1 atom stereocenters. The van der Waals surface area contributed by atoms with E-state index in [0.29, 0.717) is 22.9 Å². The quantitative estimate of drug-likeness (QED) is 0.329. The number of anilines is 1. The van der Waals surface area contributed by atoms with Crippen LogP contribution in [-0.2, 0) is 27.5 Å². The number of nitrogens with zero attached hydrogens (tertiary/aromatic N) is 2. The van der Waals surface area contributed by atoms with E-state index in [1.165, 1.54) is 30.3 Å². The summed E-state index contributed by atoms with van der Waals surface area (Å²) >= 11 is 1.11. The maximum absolute atomic E-state index is 13.3. The predicted octanol–water partition coefficient (Wildman–Crippen LogP) is 4.87. The summed E-state index contributed by atoms with van der Waals surface area (Å²) in [5, 5.41) is 7.50. The van der Waals surface area contributed by atoms with E-state index in [-0.39, 0.29) is 10.4 Å². The molecular formula is C24H21F3N4O3S2. The van der Waals surface area contributed by atoms with Crippen molar-refractivity contribution in [3.63, 3.8) is 0 Å². The molecular weight excluding hydrogens is 513 g/mol. The van der Waals surface area contributed by atoms with Crippen molar-refractivity contribution in [3.05, 3.63) is 83.9 Å². The number of fused-ring (bicyclic) bond motifs is 1. The van der Waals surface area contributed by atoms with Crippen molar-refractivity contribution in [2.45, 2.75) is 34.9 Å². The lowest BCUT2D eigenvalue weighted by atomic mass is 10.2.